The molecule has 1 aromatic heterocycles. The average Bonchev–Trinajstić information content (AvgIpc) is 3.26. The van der Waals surface area contributed by atoms with Crippen LogP contribution in [0.15, 0.2) is 22.2 Å². The summed E-state index contributed by atoms with van der Waals surface area (Å²) in [6, 6.07) is 2.41. The van der Waals surface area contributed by atoms with Crippen LogP contribution in [0.1, 0.15) is 36.7 Å². The molecule has 1 saturated heterocycles. The summed E-state index contributed by atoms with van der Waals surface area (Å²) in [5, 5.41) is 7.74. The zero-order valence-electron chi connectivity index (χ0n) is 14.2. The van der Waals surface area contributed by atoms with Gasteiger partial charge in [0.15, 0.2) is 5.17 Å². The molecule has 0 radical (unpaired) electrons. The Morgan fingerprint density at radius 1 is 1.38 bits per heavy atom. The number of aryl methyl sites for hydroxylation is 2. The highest BCUT2D eigenvalue weighted by molar-refractivity contribution is 8.16. The molecule has 6 nitrogen and oxygen atoms in total. The predicted octanol–water partition coefficient (Wildman–Crippen LogP) is 2.31. The number of aromatic nitrogens is 2. The van der Waals surface area contributed by atoms with E-state index in [0.29, 0.717) is 12.5 Å². The van der Waals surface area contributed by atoms with Gasteiger partial charge >= 0.3 is 0 Å². The molecule has 24 heavy (non-hydrogen) atoms. The van der Waals surface area contributed by atoms with Crippen LogP contribution in [-0.4, -0.2) is 56.8 Å². The van der Waals surface area contributed by atoms with Gasteiger partial charge in [0.2, 0.25) is 5.91 Å². The molecule has 128 valence electrons. The Morgan fingerprint density at radius 3 is 3.04 bits per heavy atom. The van der Waals surface area contributed by atoms with Crippen LogP contribution >= 0.6 is 11.8 Å². The van der Waals surface area contributed by atoms with Crippen LogP contribution < -0.4 is 0 Å². The minimum atomic E-state index is 0.220. The first-order valence-corrected chi connectivity index (χ1v) is 9.48. The standard InChI is InChI=1S/C17H23N5OS/c1-12-8-13(2)22(19-12)14-4-7-20(10-14)16(23)9-15-11-24-17-18-5-3-6-21(15)17/h8,11,14H,3-7,9-10H2,1-2H3. The van der Waals surface area contributed by atoms with E-state index in [4.69, 9.17) is 0 Å². The van der Waals surface area contributed by atoms with Crippen molar-refractivity contribution in [2.75, 3.05) is 26.2 Å². The number of thioether (sulfide) groups is 1. The van der Waals surface area contributed by atoms with Crippen molar-refractivity contribution < 1.29 is 4.79 Å². The first-order valence-electron chi connectivity index (χ1n) is 8.60. The molecule has 0 aromatic carbocycles. The lowest BCUT2D eigenvalue weighted by atomic mass is 10.2. The molecule has 1 aromatic rings. The number of aliphatic imine (C=N–C) groups is 1. The van der Waals surface area contributed by atoms with Crippen LogP contribution in [0.2, 0.25) is 0 Å². The van der Waals surface area contributed by atoms with E-state index in [1.54, 1.807) is 11.8 Å². The number of carbonyl (C=O) groups excluding carboxylic acids is 1. The Morgan fingerprint density at radius 2 is 2.25 bits per heavy atom. The zero-order valence-corrected chi connectivity index (χ0v) is 15.1. The van der Waals surface area contributed by atoms with Crippen molar-refractivity contribution >= 4 is 22.8 Å². The van der Waals surface area contributed by atoms with Crippen LogP contribution in [0.4, 0.5) is 0 Å². The molecule has 1 unspecified atom stereocenters. The lowest BCUT2D eigenvalue weighted by Gasteiger charge is -2.26. The summed E-state index contributed by atoms with van der Waals surface area (Å²) in [5.41, 5.74) is 3.33. The smallest absolute Gasteiger partial charge is 0.228 e. The van der Waals surface area contributed by atoms with Crippen molar-refractivity contribution in [3.8, 4) is 0 Å². The fourth-order valence-corrected chi connectivity index (χ4v) is 4.68. The maximum absolute atomic E-state index is 12.7. The molecule has 7 heteroatoms. The second-order valence-corrected chi connectivity index (χ2v) is 7.56. The van der Waals surface area contributed by atoms with E-state index in [2.05, 4.69) is 38.1 Å². The molecule has 0 bridgehead atoms. The van der Waals surface area contributed by atoms with E-state index in [1.807, 2.05) is 11.8 Å². The van der Waals surface area contributed by atoms with Crippen LogP contribution in [-0.2, 0) is 4.79 Å². The summed E-state index contributed by atoms with van der Waals surface area (Å²) in [5.74, 6) is 0.220. The predicted molar refractivity (Wildman–Crippen MR) is 95.9 cm³/mol. The van der Waals surface area contributed by atoms with Crippen molar-refractivity contribution in [1.82, 2.24) is 19.6 Å². The highest BCUT2D eigenvalue weighted by Gasteiger charge is 2.32. The normalized spacial score (nSPS) is 23.3. The van der Waals surface area contributed by atoms with Crippen LogP contribution in [0.3, 0.4) is 0 Å². The third kappa shape index (κ3) is 2.85. The summed E-state index contributed by atoms with van der Waals surface area (Å²) in [6.07, 6.45) is 2.53. The highest BCUT2D eigenvalue weighted by atomic mass is 32.2. The molecular formula is C17H23N5OS. The Kier molecular flexibility index (Phi) is 4.12. The van der Waals surface area contributed by atoms with E-state index >= 15 is 0 Å². The van der Waals surface area contributed by atoms with E-state index in [0.717, 1.165) is 55.6 Å². The first-order chi connectivity index (χ1) is 11.6. The topological polar surface area (TPSA) is 53.7 Å². The molecular weight excluding hydrogens is 322 g/mol. The lowest BCUT2D eigenvalue weighted by molar-refractivity contribution is -0.129. The molecule has 0 N–H and O–H groups in total. The fourth-order valence-electron chi connectivity index (χ4n) is 3.72. The van der Waals surface area contributed by atoms with Gasteiger partial charge in [-0.25, -0.2) is 0 Å². The Balaban J connectivity index is 1.39. The molecule has 1 atom stereocenters. The van der Waals surface area contributed by atoms with Crippen molar-refractivity contribution in [2.24, 2.45) is 4.99 Å². The molecule has 3 aliphatic heterocycles. The van der Waals surface area contributed by atoms with Crippen molar-refractivity contribution in [1.29, 1.82) is 0 Å². The van der Waals surface area contributed by atoms with Gasteiger partial charge in [-0.1, -0.05) is 11.8 Å². The summed E-state index contributed by atoms with van der Waals surface area (Å²) in [4.78, 5) is 21.5. The quantitative estimate of drug-likeness (QED) is 0.844. The van der Waals surface area contributed by atoms with Crippen molar-refractivity contribution in [2.45, 2.75) is 39.2 Å². The van der Waals surface area contributed by atoms with Crippen molar-refractivity contribution in [3.05, 3.63) is 28.6 Å². The number of fused-ring (bicyclic) bond motifs is 1. The number of amides is 1. The maximum Gasteiger partial charge on any atom is 0.228 e. The Hall–Kier alpha value is -1.76. The summed E-state index contributed by atoms with van der Waals surface area (Å²) in [7, 11) is 0. The molecule has 4 rings (SSSR count). The van der Waals surface area contributed by atoms with Gasteiger partial charge in [0.05, 0.1) is 18.2 Å². The molecule has 0 aliphatic carbocycles. The van der Waals surface area contributed by atoms with Gasteiger partial charge in [-0.15, -0.1) is 0 Å². The van der Waals surface area contributed by atoms with Gasteiger partial charge in [0.25, 0.3) is 0 Å². The number of nitrogens with zero attached hydrogens (tertiary/aromatic N) is 5. The summed E-state index contributed by atoms with van der Waals surface area (Å²) < 4.78 is 2.09. The van der Waals surface area contributed by atoms with E-state index in [-0.39, 0.29) is 5.91 Å². The Labute approximate surface area is 146 Å². The Bertz CT molecular complexity index is 723. The third-order valence-corrected chi connectivity index (χ3v) is 5.85. The molecule has 0 saturated carbocycles. The van der Waals surface area contributed by atoms with Crippen LogP contribution in [0.25, 0.3) is 0 Å². The van der Waals surface area contributed by atoms with E-state index in [1.165, 1.54) is 5.69 Å². The van der Waals surface area contributed by atoms with Gasteiger partial charge in [-0.05, 0) is 38.2 Å². The SMILES string of the molecule is Cc1cc(C)n(C2CCN(C(=O)CC3=CSC4=NCCCN34)C2)n1. The highest BCUT2D eigenvalue weighted by Crippen LogP contribution is 2.32. The van der Waals surface area contributed by atoms with Crippen molar-refractivity contribution in [3.63, 3.8) is 0 Å². The first kappa shape index (κ1) is 15.7. The molecule has 3 aliphatic rings. The minimum Gasteiger partial charge on any atom is -0.340 e. The monoisotopic (exact) mass is 345 g/mol. The molecule has 1 amide bonds. The van der Waals surface area contributed by atoms with Gasteiger partial charge < -0.3 is 9.80 Å². The lowest BCUT2D eigenvalue weighted by Crippen LogP contribution is -2.34. The van der Waals surface area contributed by atoms with Gasteiger partial charge in [0.1, 0.15) is 0 Å². The van der Waals surface area contributed by atoms with Gasteiger partial charge in [-0.3, -0.25) is 14.5 Å². The largest absolute Gasteiger partial charge is 0.340 e. The van der Waals surface area contributed by atoms with E-state index < -0.39 is 0 Å². The molecule has 4 heterocycles. The number of amidine groups is 1. The zero-order chi connectivity index (χ0) is 16.7. The number of carbonyl (C=O) groups is 1. The minimum absolute atomic E-state index is 0.220. The van der Waals surface area contributed by atoms with Crippen LogP contribution in [0, 0.1) is 13.8 Å². The average molecular weight is 345 g/mol. The summed E-state index contributed by atoms with van der Waals surface area (Å²) >= 11 is 1.65. The maximum atomic E-state index is 12.7. The van der Waals surface area contributed by atoms with Crippen LogP contribution in [0.5, 0.6) is 0 Å². The fraction of sp³-hybridized carbons (Fsp3) is 0.588. The molecule has 0 spiro atoms. The van der Waals surface area contributed by atoms with E-state index in [9.17, 15) is 4.79 Å². The molecule has 1 fully saturated rings. The second kappa shape index (κ2) is 6.27. The third-order valence-electron chi connectivity index (χ3n) is 4.90. The van der Waals surface area contributed by atoms with Gasteiger partial charge in [0, 0.05) is 37.6 Å². The second-order valence-electron chi connectivity index (χ2n) is 6.73. The van der Waals surface area contributed by atoms with Gasteiger partial charge in [-0.2, -0.15) is 5.10 Å². The number of hydrogen-bond donors (Lipinski definition) is 0. The number of hydrogen-bond acceptors (Lipinski definition) is 5. The number of likely N-dealkylation sites (tertiary alicyclic amines) is 1. The summed E-state index contributed by atoms with van der Waals surface area (Å²) in [6.45, 7) is 7.58. The number of rotatable bonds is 3.